The van der Waals surface area contributed by atoms with Gasteiger partial charge in [-0.1, -0.05) is 0 Å². The van der Waals surface area contributed by atoms with E-state index >= 15 is 0 Å². The Morgan fingerprint density at radius 2 is 1.92 bits per heavy atom. The number of ether oxygens (including phenoxy) is 3. The van der Waals surface area contributed by atoms with E-state index in [1.54, 1.807) is 44.8 Å². The lowest BCUT2D eigenvalue weighted by Gasteiger charge is -2.45. The first-order valence-corrected chi connectivity index (χ1v) is 8.19. The average Bonchev–Trinajstić information content (AvgIpc) is 2.66. The van der Waals surface area contributed by atoms with Crippen molar-refractivity contribution in [3.63, 3.8) is 0 Å². The number of fused-ring (bicyclic) bond motifs is 1. The predicted molar refractivity (Wildman–Crippen MR) is 94.9 cm³/mol. The summed E-state index contributed by atoms with van der Waals surface area (Å²) in [5.74, 6) is 0.579. The average molecular weight is 355 g/mol. The van der Waals surface area contributed by atoms with Crippen molar-refractivity contribution in [2.75, 3.05) is 32.8 Å². The highest BCUT2D eigenvalue weighted by Gasteiger charge is 2.50. The van der Waals surface area contributed by atoms with Gasteiger partial charge in [0.15, 0.2) is 5.60 Å². The van der Waals surface area contributed by atoms with E-state index < -0.39 is 17.7 Å². The van der Waals surface area contributed by atoms with Crippen molar-refractivity contribution in [3.05, 3.63) is 53.9 Å². The van der Waals surface area contributed by atoms with Gasteiger partial charge in [0.25, 0.3) is 0 Å². The smallest absolute Gasteiger partial charge is 0.183 e. The van der Waals surface area contributed by atoms with E-state index in [9.17, 15) is 10.4 Å². The number of aliphatic hydroxyl groups is 1. The molecule has 2 atom stereocenters. The van der Waals surface area contributed by atoms with Crippen LogP contribution in [0.5, 0.6) is 5.75 Å². The summed E-state index contributed by atoms with van der Waals surface area (Å²) in [5.41, 5.74) is 0.918. The highest BCUT2D eigenvalue weighted by atomic mass is 16.6. The van der Waals surface area contributed by atoms with Crippen LogP contribution in [0.2, 0.25) is 0 Å². The van der Waals surface area contributed by atoms with Crippen LogP contribution < -0.4 is 10.1 Å². The van der Waals surface area contributed by atoms with Crippen molar-refractivity contribution in [2.45, 2.75) is 17.7 Å². The number of hydrogen-bond donors (Lipinski definition) is 2. The highest BCUT2D eigenvalue weighted by Crippen LogP contribution is 2.42. The van der Waals surface area contributed by atoms with Gasteiger partial charge < -0.3 is 24.6 Å². The number of nitrogens with zero attached hydrogens (tertiary/aromatic N) is 2. The lowest BCUT2D eigenvalue weighted by molar-refractivity contribution is -0.142. The summed E-state index contributed by atoms with van der Waals surface area (Å²) in [6.45, 7) is 0.298. The maximum atomic E-state index is 11.2. The SMILES string of the molecule is COCC1(COC)Oc2ccc(C#N)cc2[C@@H](Nc2ccncc2)[C@@H]1O. The van der Waals surface area contributed by atoms with Gasteiger partial charge in [-0.3, -0.25) is 4.98 Å². The summed E-state index contributed by atoms with van der Waals surface area (Å²) >= 11 is 0. The molecule has 0 bridgehead atoms. The van der Waals surface area contributed by atoms with Crippen LogP contribution in [0.3, 0.4) is 0 Å². The van der Waals surface area contributed by atoms with Crippen molar-refractivity contribution >= 4 is 5.69 Å². The largest absolute Gasteiger partial charge is 0.479 e. The molecule has 1 aliphatic rings. The Bertz CT molecular complexity index is 785. The molecule has 7 nitrogen and oxygen atoms in total. The third-order valence-electron chi connectivity index (χ3n) is 4.42. The van der Waals surface area contributed by atoms with Crippen LogP contribution in [-0.2, 0) is 9.47 Å². The fourth-order valence-electron chi connectivity index (χ4n) is 3.25. The second-order valence-electron chi connectivity index (χ2n) is 6.20. The van der Waals surface area contributed by atoms with Crippen molar-refractivity contribution in [1.29, 1.82) is 5.26 Å². The summed E-state index contributed by atoms with van der Waals surface area (Å²) in [5, 5.41) is 23.7. The molecule has 7 heteroatoms. The lowest BCUT2D eigenvalue weighted by Crippen LogP contribution is -2.60. The van der Waals surface area contributed by atoms with Crippen molar-refractivity contribution in [2.24, 2.45) is 0 Å². The number of aromatic nitrogens is 1. The third-order valence-corrected chi connectivity index (χ3v) is 4.42. The van der Waals surface area contributed by atoms with Crippen LogP contribution in [-0.4, -0.2) is 49.2 Å². The Kier molecular flexibility index (Phi) is 5.38. The fourth-order valence-corrected chi connectivity index (χ4v) is 3.25. The first-order chi connectivity index (χ1) is 12.6. The lowest BCUT2D eigenvalue weighted by atomic mass is 9.84. The van der Waals surface area contributed by atoms with Gasteiger partial charge in [0.2, 0.25) is 0 Å². The summed E-state index contributed by atoms with van der Waals surface area (Å²) in [7, 11) is 3.10. The molecule has 0 aliphatic carbocycles. The highest BCUT2D eigenvalue weighted by molar-refractivity contribution is 5.52. The minimum absolute atomic E-state index is 0.149. The van der Waals surface area contributed by atoms with Gasteiger partial charge in [-0.2, -0.15) is 5.26 Å². The molecule has 1 aromatic heterocycles. The van der Waals surface area contributed by atoms with Gasteiger partial charge in [-0.05, 0) is 30.3 Å². The standard InChI is InChI=1S/C19H21N3O4/c1-24-11-19(12-25-2)18(23)17(22-14-5-7-21-8-6-14)15-9-13(10-20)3-4-16(15)26-19/h3-9,17-18,23H,11-12H2,1-2H3,(H,21,22)/t17-,18+/m1/s1. The van der Waals surface area contributed by atoms with Crippen LogP contribution in [0.4, 0.5) is 5.69 Å². The number of benzene rings is 1. The van der Waals surface area contributed by atoms with E-state index in [0.29, 0.717) is 16.9 Å². The molecule has 3 rings (SSSR count). The number of hydrogen-bond acceptors (Lipinski definition) is 7. The van der Waals surface area contributed by atoms with E-state index in [1.807, 2.05) is 12.1 Å². The second kappa shape index (κ2) is 7.70. The molecule has 26 heavy (non-hydrogen) atoms. The van der Waals surface area contributed by atoms with Crippen LogP contribution in [0.1, 0.15) is 17.2 Å². The van der Waals surface area contributed by atoms with E-state index in [4.69, 9.17) is 14.2 Å². The van der Waals surface area contributed by atoms with E-state index in [1.165, 1.54) is 0 Å². The van der Waals surface area contributed by atoms with Crippen LogP contribution >= 0.6 is 0 Å². The molecule has 0 fully saturated rings. The first-order valence-electron chi connectivity index (χ1n) is 8.19. The Labute approximate surface area is 152 Å². The number of anilines is 1. The Morgan fingerprint density at radius 1 is 1.23 bits per heavy atom. The number of rotatable bonds is 6. The van der Waals surface area contributed by atoms with E-state index in [0.717, 1.165) is 5.69 Å². The molecule has 0 unspecified atom stereocenters. The molecular formula is C19H21N3O4. The molecule has 136 valence electrons. The topological polar surface area (TPSA) is 96.6 Å². The Morgan fingerprint density at radius 3 is 2.54 bits per heavy atom. The third kappa shape index (κ3) is 3.35. The zero-order valence-electron chi connectivity index (χ0n) is 14.7. The molecule has 1 aromatic carbocycles. The minimum Gasteiger partial charge on any atom is -0.479 e. The van der Waals surface area contributed by atoms with Crippen molar-refractivity contribution in [1.82, 2.24) is 4.98 Å². The zero-order chi connectivity index (χ0) is 18.6. The van der Waals surface area contributed by atoms with Crippen molar-refractivity contribution < 1.29 is 19.3 Å². The first kappa shape index (κ1) is 18.1. The quantitative estimate of drug-likeness (QED) is 0.817. The zero-order valence-corrected chi connectivity index (χ0v) is 14.7. The maximum absolute atomic E-state index is 11.2. The minimum atomic E-state index is -1.07. The summed E-state index contributed by atoms with van der Waals surface area (Å²) in [6.07, 6.45) is 2.35. The normalized spacial score (nSPS) is 20.5. The second-order valence-corrected chi connectivity index (χ2v) is 6.20. The Balaban J connectivity index is 2.07. The molecule has 2 heterocycles. The van der Waals surface area contributed by atoms with Gasteiger partial charge in [0.1, 0.15) is 11.9 Å². The molecule has 0 saturated carbocycles. The van der Waals surface area contributed by atoms with Gasteiger partial charge >= 0.3 is 0 Å². The molecule has 2 aromatic rings. The van der Waals surface area contributed by atoms with Crippen LogP contribution in [0.15, 0.2) is 42.7 Å². The van der Waals surface area contributed by atoms with Gasteiger partial charge in [0.05, 0.1) is 30.9 Å². The predicted octanol–water partition coefficient (Wildman–Crippen LogP) is 1.89. The molecule has 0 spiro atoms. The van der Waals surface area contributed by atoms with Gasteiger partial charge in [-0.25, -0.2) is 0 Å². The number of pyridine rings is 1. The fraction of sp³-hybridized carbons (Fsp3) is 0.368. The van der Waals surface area contributed by atoms with Gasteiger partial charge in [0, 0.05) is 37.9 Å². The Hall–Kier alpha value is -2.66. The number of aliphatic hydroxyl groups excluding tert-OH is 1. The summed E-state index contributed by atoms with van der Waals surface area (Å²) in [6, 6.07) is 10.4. The summed E-state index contributed by atoms with van der Waals surface area (Å²) in [4.78, 5) is 4.01. The molecule has 2 N–H and O–H groups in total. The monoisotopic (exact) mass is 355 g/mol. The van der Waals surface area contributed by atoms with Crippen molar-refractivity contribution in [3.8, 4) is 11.8 Å². The van der Waals surface area contributed by atoms with Gasteiger partial charge in [-0.15, -0.1) is 0 Å². The molecule has 1 aliphatic heterocycles. The maximum Gasteiger partial charge on any atom is 0.183 e. The number of methoxy groups -OCH3 is 2. The van der Waals surface area contributed by atoms with E-state index in [2.05, 4.69) is 16.4 Å². The molecule has 0 radical (unpaired) electrons. The van der Waals surface area contributed by atoms with Crippen LogP contribution in [0, 0.1) is 11.3 Å². The molecule has 0 amide bonds. The van der Waals surface area contributed by atoms with E-state index in [-0.39, 0.29) is 13.2 Å². The molecular weight excluding hydrogens is 334 g/mol. The molecule has 0 saturated heterocycles. The number of nitriles is 1. The summed E-state index contributed by atoms with van der Waals surface area (Å²) < 4.78 is 16.7. The van der Waals surface area contributed by atoms with Crippen LogP contribution in [0.25, 0.3) is 0 Å². The number of nitrogens with one attached hydrogen (secondary N) is 1.